The fourth-order valence-electron chi connectivity index (χ4n) is 2.94. The smallest absolute Gasteiger partial charge is 0.150 e. The van der Waals surface area contributed by atoms with Gasteiger partial charge in [0.15, 0.2) is 0 Å². The van der Waals surface area contributed by atoms with E-state index in [1.807, 2.05) is 18.3 Å². The Labute approximate surface area is 138 Å². The van der Waals surface area contributed by atoms with Crippen molar-refractivity contribution < 1.29 is 0 Å². The van der Waals surface area contributed by atoms with Gasteiger partial charge in [0.1, 0.15) is 18.0 Å². The summed E-state index contributed by atoms with van der Waals surface area (Å²) in [6.07, 6.45) is 3.52. The van der Waals surface area contributed by atoms with Gasteiger partial charge in [-0.3, -0.25) is 0 Å². The molecule has 6 nitrogen and oxygen atoms in total. The molecule has 0 spiro atoms. The first-order valence-electron chi connectivity index (χ1n) is 7.62. The van der Waals surface area contributed by atoms with E-state index in [9.17, 15) is 0 Å². The highest BCUT2D eigenvalue weighted by molar-refractivity contribution is 7.18. The van der Waals surface area contributed by atoms with Gasteiger partial charge in [0.25, 0.3) is 0 Å². The van der Waals surface area contributed by atoms with Gasteiger partial charge in [-0.15, -0.1) is 11.3 Å². The molecule has 0 atom stereocenters. The summed E-state index contributed by atoms with van der Waals surface area (Å²) in [4.78, 5) is 17.8. The zero-order valence-electron chi connectivity index (χ0n) is 12.9. The van der Waals surface area contributed by atoms with Crippen molar-refractivity contribution in [3.63, 3.8) is 0 Å². The van der Waals surface area contributed by atoms with Crippen LogP contribution in [0, 0.1) is 6.92 Å². The summed E-state index contributed by atoms with van der Waals surface area (Å²) in [5, 5.41) is 2.15. The highest BCUT2D eigenvalue weighted by atomic mass is 32.1. The van der Waals surface area contributed by atoms with Crippen molar-refractivity contribution in [2.45, 2.75) is 6.92 Å². The van der Waals surface area contributed by atoms with Gasteiger partial charge in [-0.25, -0.2) is 15.0 Å². The fourth-order valence-corrected chi connectivity index (χ4v) is 3.96. The van der Waals surface area contributed by atoms with Gasteiger partial charge in [0.2, 0.25) is 0 Å². The van der Waals surface area contributed by atoms with Gasteiger partial charge in [0, 0.05) is 26.2 Å². The molecule has 0 radical (unpaired) electrons. The van der Waals surface area contributed by atoms with E-state index in [0.29, 0.717) is 5.82 Å². The van der Waals surface area contributed by atoms with Crippen LogP contribution >= 0.6 is 11.3 Å². The third-order valence-corrected chi connectivity index (χ3v) is 5.31. The van der Waals surface area contributed by atoms with Crippen LogP contribution in [-0.2, 0) is 0 Å². The van der Waals surface area contributed by atoms with Crippen LogP contribution in [0.15, 0.2) is 30.0 Å². The number of nitrogens with zero attached hydrogens (tertiary/aromatic N) is 5. The molecule has 0 unspecified atom stereocenters. The largest absolute Gasteiger partial charge is 0.384 e. The summed E-state index contributed by atoms with van der Waals surface area (Å²) in [6, 6.07) is 3.88. The number of aromatic nitrogens is 3. The molecule has 0 saturated carbocycles. The minimum atomic E-state index is 0.559. The van der Waals surface area contributed by atoms with Crippen molar-refractivity contribution >= 4 is 38.9 Å². The van der Waals surface area contributed by atoms with E-state index in [0.717, 1.165) is 43.2 Å². The Kier molecular flexibility index (Phi) is 3.49. The number of pyridine rings is 1. The summed E-state index contributed by atoms with van der Waals surface area (Å²) in [5.41, 5.74) is 9.08. The third-order valence-electron chi connectivity index (χ3n) is 4.23. The number of rotatable bonds is 2. The molecule has 3 aromatic rings. The normalized spacial score (nSPS) is 15.3. The molecule has 1 aliphatic rings. The van der Waals surface area contributed by atoms with E-state index in [4.69, 9.17) is 5.73 Å². The maximum atomic E-state index is 5.66. The minimum absolute atomic E-state index is 0.559. The molecule has 4 heterocycles. The van der Waals surface area contributed by atoms with Gasteiger partial charge in [-0.05, 0) is 30.0 Å². The van der Waals surface area contributed by atoms with Crippen LogP contribution in [0.4, 0.5) is 17.3 Å². The van der Waals surface area contributed by atoms with Gasteiger partial charge >= 0.3 is 0 Å². The molecular weight excluding hydrogens is 308 g/mol. The Bertz CT molecular complexity index is 820. The Morgan fingerprint density at radius 1 is 1.04 bits per heavy atom. The van der Waals surface area contributed by atoms with Crippen molar-refractivity contribution in [1.29, 1.82) is 0 Å². The number of piperazine rings is 1. The second kappa shape index (κ2) is 5.66. The Morgan fingerprint density at radius 2 is 1.83 bits per heavy atom. The maximum absolute atomic E-state index is 5.66. The van der Waals surface area contributed by atoms with Gasteiger partial charge in [0.05, 0.1) is 22.1 Å². The van der Waals surface area contributed by atoms with E-state index in [2.05, 4.69) is 37.1 Å². The standard InChI is InChI=1S/C16H18N6S/c1-11-9-23-15-14(11)19-10-20-16(15)22-6-4-21(5-7-22)12-2-3-13(17)18-8-12/h2-3,8-10H,4-7H2,1H3,(H2,17,18). The molecule has 23 heavy (non-hydrogen) atoms. The predicted octanol–water partition coefficient (Wildman–Crippen LogP) is 2.30. The molecule has 1 aliphatic heterocycles. The number of nitrogens with two attached hydrogens (primary N) is 1. The third kappa shape index (κ3) is 2.57. The second-order valence-corrected chi connectivity index (χ2v) is 6.59. The fraction of sp³-hybridized carbons (Fsp3) is 0.312. The number of hydrogen-bond donors (Lipinski definition) is 1. The van der Waals surface area contributed by atoms with Crippen LogP contribution in [0.5, 0.6) is 0 Å². The Morgan fingerprint density at radius 3 is 2.57 bits per heavy atom. The quantitative estimate of drug-likeness (QED) is 0.779. The number of aryl methyl sites for hydroxylation is 1. The lowest BCUT2D eigenvalue weighted by molar-refractivity contribution is 0.648. The summed E-state index contributed by atoms with van der Waals surface area (Å²) in [6.45, 7) is 5.87. The van der Waals surface area contributed by atoms with Gasteiger partial charge in [-0.1, -0.05) is 0 Å². The molecule has 0 amide bonds. The number of anilines is 3. The van der Waals surface area contributed by atoms with Crippen molar-refractivity contribution in [3.8, 4) is 0 Å². The number of fused-ring (bicyclic) bond motifs is 1. The molecule has 3 aromatic heterocycles. The highest BCUT2D eigenvalue weighted by Crippen LogP contribution is 2.31. The average Bonchev–Trinajstić information content (AvgIpc) is 2.97. The SMILES string of the molecule is Cc1csc2c(N3CCN(c4ccc(N)nc4)CC3)ncnc12. The summed E-state index contributed by atoms with van der Waals surface area (Å²) < 4.78 is 1.19. The van der Waals surface area contributed by atoms with Crippen molar-refractivity contribution in [2.75, 3.05) is 41.7 Å². The van der Waals surface area contributed by atoms with Gasteiger partial charge < -0.3 is 15.5 Å². The minimum Gasteiger partial charge on any atom is -0.384 e. The lowest BCUT2D eigenvalue weighted by Crippen LogP contribution is -2.46. The summed E-state index contributed by atoms with van der Waals surface area (Å²) in [7, 11) is 0. The molecule has 1 fully saturated rings. The second-order valence-electron chi connectivity index (χ2n) is 5.71. The zero-order valence-corrected chi connectivity index (χ0v) is 13.8. The highest BCUT2D eigenvalue weighted by Gasteiger charge is 2.21. The molecule has 0 aliphatic carbocycles. The van der Waals surface area contributed by atoms with Crippen LogP contribution in [0.1, 0.15) is 5.56 Å². The first kappa shape index (κ1) is 14.2. The molecular formula is C16H18N6S. The Balaban J connectivity index is 1.54. The Hall–Kier alpha value is -2.41. The number of thiophene rings is 1. The molecule has 0 bridgehead atoms. The molecule has 0 aromatic carbocycles. The van der Waals surface area contributed by atoms with Crippen LogP contribution < -0.4 is 15.5 Å². The molecule has 2 N–H and O–H groups in total. The van der Waals surface area contributed by atoms with E-state index < -0.39 is 0 Å². The number of nitrogen functional groups attached to an aromatic ring is 1. The molecule has 4 rings (SSSR count). The van der Waals surface area contributed by atoms with E-state index in [-0.39, 0.29) is 0 Å². The molecule has 118 valence electrons. The van der Waals surface area contributed by atoms with Crippen molar-refractivity contribution in [1.82, 2.24) is 15.0 Å². The molecule has 1 saturated heterocycles. The lowest BCUT2D eigenvalue weighted by Gasteiger charge is -2.36. The molecule has 7 heteroatoms. The van der Waals surface area contributed by atoms with Crippen LogP contribution in [0.3, 0.4) is 0 Å². The zero-order chi connectivity index (χ0) is 15.8. The first-order valence-corrected chi connectivity index (χ1v) is 8.50. The summed E-state index contributed by atoms with van der Waals surface area (Å²) in [5.74, 6) is 1.62. The maximum Gasteiger partial charge on any atom is 0.150 e. The first-order chi connectivity index (χ1) is 11.2. The van der Waals surface area contributed by atoms with Crippen LogP contribution in [0.2, 0.25) is 0 Å². The van der Waals surface area contributed by atoms with Gasteiger partial charge in [-0.2, -0.15) is 0 Å². The number of hydrogen-bond acceptors (Lipinski definition) is 7. The van der Waals surface area contributed by atoms with E-state index in [1.165, 1.54) is 10.3 Å². The monoisotopic (exact) mass is 326 g/mol. The van der Waals surface area contributed by atoms with E-state index >= 15 is 0 Å². The van der Waals surface area contributed by atoms with Crippen molar-refractivity contribution in [2.24, 2.45) is 0 Å². The van der Waals surface area contributed by atoms with Crippen LogP contribution in [-0.4, -0.2) is 41.1 Å². The topological polar surface area (TPSA) is 71.2 Å². The average molecular weight is 326 g/mol. The summed E-state index contributed by atoms with van der Waals surface area (Å²) >= 11 is 1.73. The van der Waals surface area contributed by atoms with Crippen LogP contribution in [0.25, 0.3) is 10.2 Å². The lowest BCUT2D eigenvalue weighted by atomic mass is 10.2. The predicted molar refractivity (Wildman–Crippen MR) is 95.2 cm³/mol. The van der Waals surface area contributed by atoms with E-state index in [1.54, 1.807) is 17.7 Å². The van der Waals surface area contributed by atoms with Crippen molar-refractivity contribution in [3.05, 3.63) is 35.6 Å².